The molecule has 0 amide bonds. The minimum Gasteiger partial charge on any atom is -0.478 e. The largest absolute Gasteiger partial charge is 0.478 e. The van der Waals surface area contributed by atoms with Crippen LogP contribution in [0, 0.1) is 18.6 Å². The highest BCUT2D eigenvalue weighted by molar-refractivity contribution is 5.96. The van der Waals surface area contributed by atoms with E-state index in [1.54, 1.807) is 0 Å². The van der Waals surface area contributed by atoms with Crippen LogP contribution in [0.3, 0.4) is 0 Å². The second-order valence-electron chi connectivity index (χ2n) is 3.86. The Morgan fingerprint density at radius 1 is 1.39 bits per heavy atom. The van der Waals surface area contributed by atoms with Crippen LogP contribution in [0.15, 0.2) is 18.2 Å². The SMILES string of the molecule is Cc1nn(C)c(-c2cc(F)ccc2F)c1C(=O)O. The summed E-state index contributed by atoms with van der Waals surface area (Å²) in [5.74, 6) is -2.55. The first-order valence-electron chi connectivity index (χ1n) is 5.14. The van der Waals surface area contributed by atoms with E-state index in [1.165, 1.54) is 18.7 Å². The van der Waals surface area contributed by atoms with Crippen molar-refractivity contribution in [3.8, 4) is 11.3 Å². The van der Waals surface area contributed by atoms with E-state index in [9.17, 15) is 13.6 Å². The molecule has 0 spiro atoms. The molecule has 6 heteroatoms. The maximum Gasteiger partial charge on any atom is 0.339 e. The smallest absolute Gasteiger partial charge is 0.339 e. The monoisotopic (exact) mass is 252 g/mol. The maximum absolute atomic E-state index is 13.7. The van der Waals surface area contributed by atoms with Crippen molar-refractivity contribution in [2.75, 3.05) is 0 Å². The molecule has 4 nitrogen and oxygen atoms in total. The molecule has 0 aliphatic rings. The standard InChI is InChI=1S/C12H10F2N2O2/c1-6-10(12(17)18)11(16(2)15-6)8-5-7(13)3-4-9(8)14/h3-5H,1-2H3,(H,17,18). The molecule has 1 heterocycles. The van der Waals surface area contributed by atoms with Crippen LogP contribution in [0.1, 0.15) is 16.1 Å². The highest BCUT2D eigenvalue weighted by atomic mass is 19.1. The Kier molecular flexibility index (Phi) is 2.86. The normalized spacial score (nSPS) is 10.7. The first-order chi connectivity index (χ1) is 8.41. The van der Waals surface area contributed by atoms with Gasteiger partial charge in [-0.2, -0.15) is 5.10 Å². The third-order valence-corrected chi connectivity index (χ3v) is 2.62. The van der Waals surface area contributed by atoms with E-state index in [0.29, 0.717) is 0 Å². The van der Waals surface area contributed by atoms with Crippen molar-refractivity contribution in [1.29, 1.82) is 0 Å². The van der Waals surface area contributed by atoms with Gasteiger partial charge in [-0.05, 0) is 25.1 Å². The summed E-state index contributed by atoms with van der Waals surface area (Å²) in [4.78, 5) is 11.2. The molecule has 1 N–H and O–H groups in total. The fraction of sp³-hybridized carbons (Fsp3) is 0.167. The van der Waals surface area contributed by atoms with Gasteiger partial charge in [-0.15, -0.1) is 0 Å². The molecule has 0 saturated carbocycles. The Balaban J connectivity index is 2.78. The van der Waals surface area contributed by atoms with Crippen molar-refractivity contribution < 1.29 is 18.7 Å². The summed E-state index contributed by atoms with van der Waals surface area (Å²) in [5, 5.41) is 13.0. The number of carboxylic acid groups (broad SMARTS) is 1. The number of aryl methyl sites for hydroxylation is 2. The van der Waals surface area contributed by atoms with Gasteiger partial charge in [-0.25, -0.2) is 13.6 Å². The van der Waals surface area contributed by atoms with Crippen molar-refractivity contribution in [2.24, 2.45) is 7.05 Å². The molecule has 1 aromatic carbocycles. The maximum atomic E-state index is 13.7. The number of aromatic carboxylic acids is 1. The van der Waals surface area contributed by atoms with Crippen LogP contribution >= 0.6 is 0 Å². The van der Waals surface area contributed by atoms with E-state index in [4.69, 9.17) is 5.11 Å². The lowest BCUT2D eigenvalue weighted by Crippen LogP contribution is -2.03. The Hall–Kier alpha value is -2.24. The molecule has 0 fully saturated rings. The lowest BCUT2D eigenvalue weighted by molar-refractivity contribution is 0.0697. The average molecular weight is 252 g/mol. The van der Waals surface area contributed by atoms with E-state index in [0.717, 1.165) is 18.2 Å². The first-order valence-corrected chi connectivity index (χ1v) is 5.14. The van der Waals surface area contributed by atoms with Gasteiger partial charge in [0, 0.05) is 12.6 Å². The fourth-order valence-electron chi connectivity index (χ4n) is 1.90. The highest BCUT2D eigenvalue weighted by Gasteiger charge is 2.23. The Labute approximate surface area is 101 Å². The van der Waals surface area contributed by atoms with Crippen molar-refractivity contribution in [3.05, 3.63) is 41.1 Å². The van der Waals surface area contributed by atoms with Gasteiger partial charge < -0.3 is 5.11 Å². The molecule has 94 valence electrons. The van der Waals surface area contributed by atoms with Crippen molar-refractivity contribution in [2.45, 2.75) is 6.92 Å². The molecule has 0 bridgehead atoms. The zero-order valence-electron chi connectivity index (χ0n) is 9.74. The lowest BCUT2D eigenvalue weighted by Gasteiger charge is -2.05. The van der Waals surface area contributed by atoms with Crippen LogP contribution in [0.25, 0.3) is 11.3 Å². The van der Waals surface area contributed by atoms with E-state index in [-0.39, 0.29) is 22.5 Å². The summed E-state index contributed by atoms with van der Waals surface area (Å²) in [6, 6.07) is 2.89. The van der Waals surface area contributed by atoms with E-state index >= 15 is 0 Å². The van der Waals surface area contributed by atoms with Crippen LogP contribution in [0.2, 0.25) is 0 Å². The molecular weight excluding hydrogens is 242 g/mol. The minimum atomic E-state index is -1.22. The number of carbonyl (C=O) groups is 1. The molecular formula is C12H10F2N2O2. The third-order valence-electron chi connectivity index (χ3n) is 2.62. The number of rotatable bonds is 2. The number of carboxylic acids is 1. The van der Waals surface area contributed by atoms with Gasteiger partial charge >= 0.3 is 5.97 Å². The van der Waals surface area contributed by atoms with Gasteiger partial charge in [0.05, 0.1) is 11.4 Å². The molecule has 2 rings (SSSR count). The molecule has 0 aliphatic carbocycles. The number of nitrogens with zero attached hydrogens (tertiary/aromatic N) is 2. The molecule has 0 unspecified atom stereocenters. The fourth-order valence-corrected chi connectivity index (χ4v) is 1.90. The summed E-state index contributed by atoms with van der Waals surface area (Å²) in [5.41, 5.74) is 0.0677. The molecule has 18 heavy (non-hydrogen) atoms. The van der Waals surface area contributed by atoms with Crippen molar-refractivity contribution >= 4 is 5.97 Å². The zero-order chi connectivity index (χ0) is 13.4. The zero-order valence-corrected chi connectivity index (χ0v) is 9.74. The second-order valence-corrected chi connectivity index (χ2v) is 3.86. The Bertz CT molecular complexity index is 635. The third kappa shape index (κ3) is 1.85. The number of aromatic nitrogens is 2. The summed E-state index contributed by atoms with van der Waals surface area (Å²) < 4.78 is 28.1. The first kappa shape index (κ1) is 12.2. The van der Waals surface area contributed by atoms with Gasteiger partial charge in [0.2, 0.25) is 0 Å². The van der Waals surface area contributed by atoms with Crippen LogP contribution in [0.4, 0.5) is 8.78 Å². The molecule has 0 saturated heterocycles. The summed E-state index contributed by atoms with van der Waals surface area (Å²) in [7, 11) is 1.49. The minimum absolute atomic E-state index is 0.0528. The van der Waals surface area contributed by atoms with E-state index in [2.05, 4.69) is 5.10 Å². The van der Waals surface area contributed by atoms with Crippen LogP contribution in [-0.4, -0.2) is 20.9 Å². The predicted molar refractivity (Wildman–Crippen MR) is 60.3 cm³/mol. The predicted octanol–water partition coefficient (Wildman–Crippen LogP) is 2.37. The van der Waals surface area contributed by atoms with Gasteiger partial charge in [0.1, 0.15) is 17.2 Å². The van der Waals surface area contributed by atoms with Crippen LogP contribution < -0.4 is 0 Å². The van der Waals surface area contributed by atoms with Crippen molar-refractivity contribution in [1.82, 2.24) is 9.78 Å². The number of hydrogen-bond donors (Lipinski definition) is 1. The molecule has 2 aromatic rings. The average Bonchev–Trinajstić information content (AvgIpc) is 2.57. The second kappa shape index (κ2) is 4.21. The van der Waals surface area contributed by atoms with Gasteiger partial charge in [0.25, 0.3) is 0 Å². The number of hydrogen-bond acceptors (Lipinski definition) is 2. The molecule has 0 aliphatic heterocycles. The Morgan fingerprint density at radius 3 is 2.67 bits per heavy atom. The molecule has 0 radical (unpaired) electrons. The number of benzene rings is 1. The van der Waals surface area contributed by atoms with Gasteiger partial charge in [-0.3, -0.25) is 4.68 Å². The quantitative estimate of drug-likeness (QED) is 0.892. The molecule has 1 aromatic heterocycles. The Morgan fingerprint density at radius 2 is 2.06 bits per heavy atom. The number of halogens is 2. The highest BCUT2D eigenvalue weighted by Crippen LogP contribution is 2.28. The van der Waals surface area contributed by atoms with Crippen LogP contribution in [-0.2, 0) is 7.05 Å². The summed E-state index contributed by atoms with van der Waals surface area (Å²) in [6.45, 7) is 1.50. The topological polar surface area (TPSA) is 55.1 Å². The summed E-state index contributed by atoms with van der Waals surface area (Å²) >= 11 is 0. The van der Waals surface area contributed by atoms with Gasteiger partial charge in [0.15, 0.2) is 0 Å². The van der Waals surface area contributed by atoms with E-state index < -0.39 is 17.6 Å². The van der Waals surface area contributed by atoms with Gasteiger partial charge in [-0.1, -0.05) is 0 Å². The summed E-state index contributed by atoms with van der Waals surface area (Å²) in [6.07, 6.45) is 0. The van der Waals surface area contributed by atoms with E-state index in [1.807, 2.05) is 0 Å². The van der Waals surface area contributed by atoms with Crippen molar-refractivity contribution in [3.63, 3.8) is 0 Å². The lowest BCUT2D eigenvalue weighted by atomic mass is 10.1. The molecule has 0 atom stereocenters. The van der Waals surface area contributed by atoms with Crippen LogP contribution in [0.5, 0.6) is 0 Å².